The highest BCUT2D eigenvalue weighted by atomic mass is 16.3. The van der Waals surface area contributed by atoms with E-state index in [4.69, 9.17) is 0 Å². The molecule has 138 valence electrons. The van der Waals surface area contributed by atoms with Crippen molar-refractivity contribution in [2.75, 3.05) is 6.54 Å². The Labute approximate surface area is 158 Å². The predicted molar refractivity (Wildman–Crippen MR) is 104 cm³/mol. The lowest BCUT2D eigenvalue weighted by atomic mass is 9.98. The summed E-state index contributed by atoms with van der Waals surface area (Å²) < 4.78 is 2.11. The van der Waals surface area contributed by atoms with E-state index >= 15 is 0 Å². The van der Waals surface area contributed by atoms with Gasteiger partial charge in [-0.2, -0.15) is 0 Å². The van der Waals surface area contributed by atoms with Gasteiger partial charge in [0.15, 0.2) is 0 Å². The molecule has 2 N–H and O–H groups in total. The van der Waals surface area contributed by atoms with Crippen molar-refractivity contribution in [1.82, 2.24) is 14.9 Å². The van der Waals surface area contributed by atoms with Crippen LogP contribution in [0.5, 0.6) is 5.75 Å². The average Bonchev–Trinajstić information content (AvgIpc) is 3.24. The Morgan fingerprint density at radius 1 is 1.11 bits per heavy atom. The maximum atomic E-state index is 12.1. The number of phenols is 1. The van der Waals surface area contributed by atoms with Crippen LogP contribution in [0.1, 0.15) is 28.9 Å². The fraction of sp³-hybridized carbons (Fsp3) is 0.273. The van der Waals surface area contributed by atoms with E-state index in [9.17, 15) is 9.90 Å². The molecular weight excluding hydrogens is 338 g/mol. The van der Waals surface area contributed by atoms with Gasteiger partial charge in [0.05, 0.1) is 12.0 Å². The van der Waals surface area contributed by atoms with Crippen LogP contribution >= 0.6 is 0 Å². The highest BCUT2D eigenvalue weighted by Gasteiger charge is 2.27. The smallest absolute Gasteiger partial charge is 0.223 e. The van der Waals surface area contributed by atoms with Crippen LogP contribution in [-0.4, -0.2) is 27.1 Å². The van der Waals surface area contributed by atoms with Gasteiger partial charge >= 0.3 is 0 Å². The number of nitrogens with one attached hydrogen (secondary N) is 1. The first-order valence-electron chi connectivity index (χ1n) is 9.31. The van der Waals surface area contributed by atoms with Crippen LogP contribution in [0, 0.1) is 5.92 Å². The molecule has 5 nitrogen and oxygen atoms in total. The van der Waals surface area contributed by atoms with Gasteiger partial charge in [-0.15, -0.1) is 0 Å². The Bertz CT molecular complexity index is 934. The van der Waals surface area contributed by atoms with Gasteiger partial charge in [0, 0.05) is 37.5 Å². The number of carbonyl (C=O) groups is 1. The van der Waals surface area contributed by atoms with Crippen LogP contribution in [-0.2, 0) is 24.2 Å². The molecule has 1 unspecified atom stereocenters. The number of carbonyl (C=O) groups excluding carboxylic acids is 1. The minimum absolute atomic E-state index is 0.000788. The molecule has 0 radical (unpaired) electrons. The number of imidazole rings is 1. The van der Waals surface area contributed by atoms with Crippen LogP contribution in [0.2, 0.25) is 0 Å². The number of aromatic nitrogens is 2. The number of phenolic OH excluding ortho intramolecular Hbond substituents is 1. The van der Waals surface area contributed by atoms with Gasteiger partial charge in [-0.25, -0.2) is 4.98 Å². The Morgan fingerprint density at radius 3 is 2.67 bits per heavy atom. The van der Waals surface area contributed by atoms with Crippen LogP contribution in [0.15, 0.2) is 60.9 Å². The van der Waals surface area contributed by atoms with E-state index in [1.54, 1.807) is 12.1 Å². The van der Waals surface area contributed by atoms with Crippen molar-refractivity contribution in [3.63, 3.8) is 0 Å². The van der Waals surface area contributed by atoms with Crippen molar-refractivity contribution in [2.45, 2.75) is 25.8 Å². The van der Waals surface area contributed by atoms with Crippen molar-refractivity contribution < 1.29 is 9.90 Å². The number of rotatable bonds is 6. The third-order valence-electron chi connectivity index (χ3n) is 5.11. The Kier molecular flexibility index (Phi) is 4.92. The standard InChI is InChI=1S/C22H23N3O2/c26-19-8-4-7-17(11-19)14-25-15-24-20(12-16-5-2-1-3-6-16)21(25)13-18-9-10-23-22(18)27/h1-8,11,15,18,26H,9-10,12-14H2,(H,23,27). The Hall–Kier alpha value is -3.08. The molecule has 0 bridgehead atoms. The molecule has 2 heterocycles. The summed E-state index contributed by atoms with van der Waals surface area (Å²) in [4.78, 5) is 16.8. The first-order chi connectivity index (χ1) is 13.2. The monoisotopic (exact) mass is 361 g/mol. The number of aromatic hydroxyl groups is 1. The minimum Gasteiger partial charge on any atom is -0.508 e. The van der Waals surface area contributed by atoms with E-state index in [0.29, 0.717) is 13.0 Å². The minimum atomic E-state index is -0.000788. The van der Waals surface area contributed by atoms with E-state index in [1.807, 2.05) is 36.7 Å². The number of nitrogens with zero attached hydrogens (tertiary/aromatic N) is 2. The van der Waals surface area contributed by atoms with Crippen molar-refractivity contribution in [3.05, 3.63) is 83.4 Å². The summed E-state index contributed by atoms with van der Waals surface area (Å²) in [6, 6.07) is 17.5. The molecule has 0 aliphatic carbocycles. The number of hydrogen-bond acceptors (Lipinski definition) is 3. The highest BCUT2D eigenvalue weighted by Crippen LogP contribution is 2.23. The number of benzene rings is 2. The summed E-state index contributed by atoms with van der Waals surface area (Å²) in [5, 5.41) is 12.7. The lowest BCUT2D eigenvalue weighted by Crippen LogP contribution is -2.22. The molecule has 1 fully saturated rings. The second-order valence-corrected chi connectivity index (χ2v) is 7.08. The molecule has 1 amide bonds. The van der Waals surface area contributed by atoms with Crippen LogP contribution < -0.4 is 5.32 Å². The fourth-order valence-corrected chi connectivity index (χ4v) is 3.68. The van der Waals surface area contributed by atoms with E-state index in [1.165, 1.54) is 5.56 Å². The average molecular weight is 361 g/mol. The summed E-state index contributed by atoms with van der Waals surface area (Å²) >= 11 is 0. The van der Waals surface area contributed by atoms with Gasteiger partial charge in [-0.1, -0.05) is 42.5 Å². The van der Waals surface area contributed by atoms with Crippen molar-refractivity contribution >= 4 is 5.91 Å². The summed E-state index contributed by atoms with van der Waals surface area (Å²) in [5.74, 6) is 0.388. The second kappa shape index (κ2) is 7.66. The van der Waals surface area contributed by atoms with Crippen molar-refractivity contribution in [3.8, 4) is 5.75 Å². The molecule has 1 atom stereocenters. The lowest BCUT2D eigenvalue weighted by molar-refractivity contribution is -0.122. The second-order valence-electron chi connectivity index (χ2n) is 7.08. The van der Waals surface area contributed by atoms with E-state index in [2.05, 4.69) is 27.0 Å². The van der Waals surface area contributed by atoms with E-state index in [-0.39, 0.29) is 17.6 Å². The Morgan fingerprint density at radius 2 is 1.93 bits per heavy atom. The normalized spacial score (nSPS) is 16.4. The molecule has 1 saturated heterocycles. The largest absolute Gasteiger partial charge is 0.508 e. The van der Waals surface area contributed by atoms with Gasteiger partial charge in [-0.3, -0.25) is 4.79 Å². The number of hydrogen-bond donors (Lipinski definition) is 2. The van der Waals surface area contributed by atoms with Gasteiger partial charge in [-0.05, 0) is 29.7 Å². The molecule has 0 spiro atoms. The molecular formula is C22H23N3O2. The molecule has 5 heteroatoms. The van der Waals surface area contributed by atoms with Crippen molar-refractivity contribution in [1.29, 1.82) is 0 Å². The molecule has 0 saturated carbocycles. The van der Waals surface area contributed by atoms with E-state index in [0.717, 1.165) is 36.3 Å². The Balaban J connectivity index is 1.64. The molecule has 1 aliphatic rings. The third kappa shape index (κ3) is 4.03. The quantitative estimate of drug-likeness (QED) is 0.709. The van der Waals surface area contributed by atoms with Gasteiger partial charge in [0.1, 0.15) is 5.75 Å². The zero-order chi connectivity index (χ0) is 18.6. The zero-order valence-electron chi connectivity index (χ0n) is 15.1. The topological polar surface area (TPSA) is 67.2 Å². The van der Waals surface area contributed by atoms with Crippen LogP contribution in [0.4, 0.5) is 0 Å². The predicted octanol–water partition coefficient (Wildman–Crippen LogP) is 2.91. The molecule has 4 rings (SSSR count). The van der Waals surface area contributed by atoms with Crippen LogP contribution in [0.3, 0.4) is 0 Å². The molecule has 2 aromatic carbocycles. The van der Waals surface area contributed by atoms with Gasteiger partial charge in [0.25, 0.3) is 0 Å². The molecule has 27 heavy (non-hydrogen) atoms. The first-order valence-corrected chi connectivity index (χ1v) is 9.31. The van der Waals surface area contributed by atoms with E-state index < -0.39 is 0 Å². The fourth-order valence-electron chi connectivity index (χ4n) is 3.68. The zero-order valence-corrected chi connectivity index (χ0v) is 15.1. The summed E-state index contributed by atoms with van der Waals surface area (Å²) in [7, 11) is 0. The third-order valence-corrected chi connectivity index (χ3v) is 5.11. The van der Waals surface area contributed by atoms with Gasteiger partial charge < -0.3 is 15.0 Å². The SMILES string of the molecule is O=C1NCCC1Cc1c(Cc2ccccc2)ncn1Cc1cccc(O)c1. The maximum Gasteiger partial charge on any atom is 0.223 e. The summed E-state index contributed by atoms with van der Waals surface area (Å²) in [5.41, 5.74) is 4.33. The number of amides is 1. The molecule has 1 aromatic heterocycles. The van der Waals surface area contributed by atoms with Crippen molar-refractivity contribution in [2.24, 2.45) is 5.92 Å². The summed E-state index contributed by atoms with van der Waals surface area (Å²) in [6.45, 7) is 1.37. The summed E-state index contributed by atoms with van der Waals surface area (Å²) in [6.07, 6.45) is 4.15. The molecule has 3 aromatic rings. The van der Waals surface area contributed by atoms with Gasteiger partial charge in [0.2, 0.25) is 5.91 Å². The molecule has 1 aliphatic heterocycles. The van der Waals surface area contributed by atoms with Crippen LogP contribution in [0.25, 0.3) is 0 Å². The lowest BCUT2D eigenvalue weighted by Gasteiger charge is -2.13. The first kappa shape index (κ1) is 17.3. The highest BCUT2D eigenvalue weighted by molar-refractivity contribution is 5.80. The maximum absolute atomic E-state index is 12.1.